The second-order valence-corrected chi connectivity index (χ2v) is 12.8. The molecule has 2 aromatic carbocycles. The highest BCUT2D eigenvalue weighted by Gasteiger charge is 2.43. The lowest BCUT2D eigenvalue weighted by Crippen LogP contribution is -2.53. The molecule has 0 aromatic heterocycles. The molecule has 3 aliphatic rings. The van der Waals surface area contributed by atoms with E-state index in [9.17, 15) is 14.4 Å². The summed E-state index contributed by atoms with van der Waals surface area (Å²) in [5, 5.41) is 6.60. The fourth-order valence-corrected chi connectivity index (χ4v) is 6.31. The van der Waals surface area contributed by atoms with Gasteiger partial charge in [-0.15, -0.1) is 0 Å². The zero-order valence-electron chi connectivity index (χ0n) is 27.1. The number of benzene rings is 2. The molecule has 2 heterocycles. The lowest BCUT2D eigenvalue weighted by atomic mass is 9.88. The number of carbonyl (C=O) groups is 3. The van der Waals surface area contributed by atoms with E-state index < -0.39 is 5.60 Å². The quantitative estimate of drug-likeness (QED) is 0.304. The number of carbonyl (C=O) groups excluding carboxylic acids is 3. The van der Waals surface area contributed by atoms with Crippen LogP contribution in [0, 0.1) is 11.8 Å². The van der Waals surface area contributed by atoms with Crippen molar-refractivity contribution in [3.8, 4) is 5.75 Å². The molecular formula is C35H48N4O6. The van der Waals surface area contributed by atoms with Gasteiger partial charge >= 0.3 is 0 Å². The number of amides is 3. The smallest absolute Gasteiger partial charge is 0.270 e. The van der Waals surface area contributed by atoms with Crippen LogP contribution < -0.4 is 25.2 Å². The van der Waals surface area contributed by atoms with Gasteiger partial charge in [0.25, 0.3) is 5.91 Å². The van der Waals surface area contributed by atoms with Gasteiger partial charge < -0.3 is 34.6 Å². The second kappa shape index (κ2) is 14.7. The number of fused-ring (bicyclic) bond motifs is 1. The lowest BCUT2D eigenvalue weighted by molar-refractivity contribution is -0.132. The summed E-state index contributed by atoms with van der Waals surface area (Å²) < 4.78 is 16.9. The van der Waals surface area contributed by atoms with Crippen molar-refractivity contribution in [2.45, 2.75) is 70.6 Å². The van der Waals surface area contributed by atoms with Gasteiger partial charge in [0.1, 0.15) is 5.75 Å². The number of hydrogen-bond donors (Lipinski definition) is 2. The van der Waals surface area contributed by atoms with Crippen molar-refractivity contribution in [3.05, 3.63) is 54.1 Å². The molecule has 0 spiro atoms. The van der Waals surface area contributed by atoms with Crippen LogP contribution in [-0.2, 0) is 23.9 Å². The van der Waals surface area contributed by atoms with Gasteiger partial charge in [-0.2, -0.15) is 0 Å². The SMILES string of the molecule is CCOCC[C@@H](NC(=O)[C@@H]1CNC[C@H](C(=O)N(c2ccc3c(c2)N(CCCOC)C(=O)C(C)(C)O3)C2CC2)C1)c1ccccc1. The van der Waals surface area contributed by atoms with Crippen molar-refractivity contribution in [2.75, 3.05) is 56.4 Å². The third kappa shape index (κ3) is 7.85. The van der Waals surface area contributed by atoms with E-state index in [4.69, 9.17) is 14.2 Å². The van der Waals surface area contributed by atoms with E-state index in [1.54, 1.807) is 25.9 Å². The number of rotatable bonds is 14. The van der Waals surface area contributed by atoms with Crippen LogP contribution in [0.2, 0.25) is 0 Å². The van der Waals surface area contributed by atoms with E-state index >= 15 is 0 Å². The Hall–Kier alpha value is -3.47. The van der Waals surface area contributed by atoms with Crippen molar-refractivity contribution in [2.24, 2.45) is 11.8 Å². The molecule has 1 saturated carbocycles. The van der Waals surface area contributed by atoms with Gasteiger partial charge in [0.2, 0.25) is 11.8 Å². The van der Waals surface area contributed by atoms with Gasteiger partial charge in [-0.3, -0.25) is 14.4 Å². The Morgan fingerprint density at radius 1 is 1.11 bits per heavy atom. The molecule has 2 fully saturated rings. The third-order valence-electron chi connectivity index (χ3n) is 8.86. The summed E-state index contributed by atoms with van der Waals surface area (Å²) in [6.07, 6.45) is 3.67. The molecule has 0 radical (unpaired) electrons. The molecule has 10 heteroatoms. The van der Waals surface area contributed by atoms with Gasteiger partial charge in [-0.25, -0.2) is 0 Å². The summed E-state index contributed by atoms with van der Waals surface area (Å²) in [5.41, 5.74) is 1.47. The molecule has 3 atom stereocenters. The summed E-state index contributed by atoms with van der Waals surface area (Å²) in [6, 6.07) is 15.6. The van der Waals surface area contributed by atoms with Crippen molar-refractivity contribution < 1.29 is 28.6 Å². The van der Waals surface area contributed by atoms with Crippen LogP contribution in [0.3, 0.4) is 0 Å². The van der Waals surface area contributed by atoms with Crippen LogP contribution in [0.4, 0.5) is 11.4 Å². The number of piperidine rings is 1. The Balaban J connectivity index is 1.32. The minimum Gasteiger partial charge on any atom is -0.476 e. The summed E-state index contributed by atoms with van der Waals surface area (Å²) in [6.45, 7) is 8.76. The van der Waals surface area contributed by atoms with E-state index in [-0.39, 0.29) is 41.6 Å². The van der Waals surface area contributed by atoms with Crippen LogP contribution in [0.15, 0.2) is 48.5 Å². The number of nitrogens with zero attached hydrogens (tertiary/aromatic N) is 2. The molecule has 3 amide bonds. The predicted molar refractivity (Wildman–Crippen MR) is 173 cm³/mol. The highest BCUT2D eigenvalue weighted by molar-refractivity contribution is 6.04. The Morgan fingerprint density at radius 3 is 2.58 bits per heavy atom. The first-order valence-corrected chi connectivity index (χ1v) is 16.3. The maximum absolute atomic E-state index is 14.2. The lowest BCUT2D eigenvalue weighted by Gasteiger charge is -2.40. The summed E-state index contributed by atoms with van der Waals surface area (Å²) >= 11 is 0. The molecule has 10 nitrogen and oxygen atoms in total. The standard InChI is InChI=1S/C35H48N4O6/c1-5-44-19-16-29(24-10-7-6-8-11-24)37-32(40)25-20-26(23-36-22-25)33(41)39(27-12-13-27)28-14-15-31-30(21-28)38(17-9-18-43-4)34(42)35(2,3)45-31/h6-8,10-11,14-15,21,25-27,29,36H,5,9,12-13,16-20,22-23H2,1-4H3,(H,37,40)/t25-,26+,29+/m0/s1. The highest BCUT2D eigenvalue weighted by atomic mass is 16.5. The average molecular weight is 621 g/mol. The summed E-state index contributed by atoms with van der Waals surface area (Å²) in [4.78, 5) is 44.8. The number of methoxy groups -OCH3 is 1. The monoisotopic (exact) mass is 620 g/mol. The van der Waals surface area contributed by atoms with Gasteiger partial charge in [0.05, 0.1) is 23.6 Å². The maximum Gasteiger partial charge on any atom is 0.270 e. The first kappa shape index (κ1) is 32.9. The second-order valence-electron chi connectivity index (χ2n) is 12.8. The number of nitrogens with one attached hydrogen (secondary N) is 2. The fourth-order valence-electron chi connectivity index (χ4n) is 6.31. The van der Waals surface area contributed by atoms with E-state index in [2.05, 4.69) is 10.6 Å². The Kier molecular flexibility index (Phi) is 10.8. The predicted octanol–water partition coefficient (Wildman–Crippen LogP) is 4.23. The first-order chi connectivity index (χ1) is 21.7. The zero-order valence-corrected chi connectivity index (χ0v) is 27.1. The van der Waals surface area contributed by atoms with E-state index in [1.807, 2.05) is 60.4 Å². The van der Waals surface area contributed by atoms with Gasteiger partial charge in [0, 0.05) is 58.3 Å². The highest BCUT2D eigenvalue weighted by Crippen LogP contribution is 2.43. The number of anilines is 2. The van der Waals surface area contributed by atoms with Crippen LogP contribution in [0.5, 0.6) is 5.75 Å². The topological polar surface area (TPSA) is 109 Å². The minimum atomic E-state index is -0.987. The first-order valence-electron chi connectivity index (χ1n) is 16.3. The van der Waals surface area contributed by atoms with Crippen molar-refractivity contribution in [1.29, 1.82) is 0 Å². The Bertz CT molecular complexity index is 1330. The van der Waals surface area contributed by atoms with Crippen LogP contribution >= 0.6 is 0 Å². The maximum atomic E-state index is 14.2. The van der Waals surface area contributed by atoms with Crippen LogP contribution in [0.1, 0.15) is 64.5 Å². The molecule has 2 aliphatic heterocycles. The minimum absolute atomic E-state index is 0.00715. The molecule has 1 aliphatic carbocycles. The average Bonchev–Trinajstić information content (AvgIpc) is 3.88. The Labute approximate surface area is 266 Å². The number of hydrogen-bond acceptors (Lipinski definition) is 7. The van der Waals surface area contributed by atoms with E-state index in [0.717, 1.165) is 24.1 Å². The molecular weight excluding hydrogens is 572 g/mol. The van der Waals surface area contributed by atoms with Gasteiger partial charge in [-0.1, -0.05) is 30.3 Å². The van der Waals surface area contributed by atoms with Crippen LogP contribution in [0.25, 0.3) is 0 Å². The fraction of sp³-hybridized carbons (Fsp3) is 0.571. The van der Waals surface area contributed by atoms with Gasteiger partial charge in [-0.05, 0) is 76.6 Å². The Morgan fingerprint density at radius 2 is 1.87 bits per heavy atom. The van der Waals surface area contributed by atoms with E-state index in [1.165, 1.54) is 0 Å². The summed E-state index contributed by atoms with van der Waals surface area (Å²) in [5.74, 6) is -0.223. The van der Waals surface area contributed by atoms with Gasteiger partial charge in [0.15, 0.2) is 5.60 Å². The molecule has 45 heavy (non-hydrogen) atoms. The van der Waals surface area contributed by atoms with Crippen molar-refractivity contribution in [3.63, 3.8) is 0 Å². The normalized spacial score (nSPS) is 21.4. The molecule has 2 aromatic rings. The molecule has 1 saturated heterocycles. The molecule has 0 bridgehead atoms. The molecule has 244 valence electrons. The van der Waals surface area contributed by atoms with E-state index in [0.29, 0.717) is 70.2 Å². The van der Waals surface area contributed by atoms with Crippen molar-refractivity contribution in [1.82, 2.24) is 10.6 Å². The third-order valence-corrected chi connectivity index (χ3v) is 8.86. The molecule has 0 unspecified atom stereocenters. The summed E-state index contributed by atoms with van der Waals surface area (Å²) in [7, 11) is 1.65. The zero-order chi connectivity index (χ0) is 32.0. The largest absolute Gasteiger partial charge is 0.476 e. The molecule has 2 N–H and O–H groups in total. The van der Waals surface area contributed by atoms with Crippen molar-refractivity contribution >= 4 is 29.1 Å². The van der Waals surface area contributed by atoms with Crippen LogP contribution in [-0.4, -0.2) is 75.9 Å². The number of ether oxygens (including phenoxy) is 3. The molecule has 5 rings (SSSR count).